The fraction of sp³-hybridized carbons (Fsp3) is 0.214. The highest BCUT2D eigenvalue weighted by molar-refractivity contribution is 5.75. The second kappa shape index (κ2) is 5.40. The summed E-state index contributed by atoms with van der Waals surface area (Å²) >= 11 is 0. The number of hydrogen-bond acceptors (Lipinski definition) is 3. The van der Waals surface area contributed by atoms with Crippen molar-refractivity contribution < 1.29 is 9.90 Å². The normalized spacial score (nSPS) is 12.1. The molecule has 0 saturated carbocycles. The fourth-order valence-corrected chi connectivity index (χ4v) is 1.84. The number of aromatic nitrogens is 2. The summed E-state index contributed by atoms with van der Waals surface area (Å²) in [5.41, 5.74) is 2.09. The molecule has 0 aliphatic heterocycles. The minimum atomic E-state index is -0.899. The topological polar surface area (TPSA) is 63.1 Å². The number of nitrogens with zero attached hydrogens (tertiary/aromatic N) is 2. The highest BCUT2D eigenvalue weighted by atomic mass is 16.4. The smallest absolute Gasteiger partial charge is 0.314 e. The number of benzene rings is 1. The van der Waals surface area contributed by atoms with Gasteiger partial charge in [-0.3, -0.25) is 4.79 Å². The van der Waals surface area contributed by atoms with Crippen molar-refractivity contribution in [3.8, 4) is 0 Å². The van der Waals surface area contributed by atoms with Gasteiger partial charge in [0.05, 0.1) is 0 Å². The van der Waals surface area contributed by atoms with Crippen molar-refractivity contribution in [2.75, 3.05) is 0 Å². The van der Waals surface area contributed by atoms with Crippen LogP contribution in [0, 0.1) is 6.92 Å². The number of carboxylic acid groups (broad SMARTS) is 1. The van der Waals surface area contributed by atoms with E-state index in [2.05, 4.69) is 9.97 Å². The molecule has 2 rings (SSSR count). The molecule has 0 fully saturated rings. The molecule has 1 heterocycles. The summed E-state index contributed by atoms with van der Waals surface area (Å²) in [5, 5.41) is 9.30. The summed E-state index contributed by atoms with van der Waals surface area (Å²) < 4.78 is 0. The van der Waals surface area contributed by atoms with E-state index in [0.717, 1.165) is 11.1 Å². The van der Waals surface area contributed by atoms with Gasteiger partial charge in [0.1, 0.15) is 11.7 Å². The Kier molecular flexibility index (Phi) is 3.67. The van der Waals surface area contributed by atoms with Gasteiger partial charge in [-0.15, -0.1) is 0 Å². The lowest BCUT2D eigenvalue weighted by molar-refractivity contribution is -0.139. The number of rotatable bonds is 4. The van der Waals surface area contributed by atoms with E-state index in [0.29, 0.717) is 12.2 Å². The first kappa shape index (κ1) is 12.2. The molecule has 0 amide bonds. The Bertz CT molecular complexity index is 541. The van der Waals surface area contributed by atoms with E-state index in [-0.39, 0.29) is 0 Å². The highest BCUT2D eigenvalue weighted by Crippen LogP contribution is 2.20. The van der Waals surface area contributed by atoms with E-state index in [1.807, 2.05) is 31.2 Å². The van der Waals surface area contributed by atoms with Crippen molar-refractivity contribution in [2.45, 2.75) is 19.3 Å². The van der Waals surface area contributed by atoms with Crippen LogP contribution in [-0.2, 0) is 11.2 Å². The maximum absolute atomic E-state index is 11.3. The lowest BCUT2D eigenvalue weighted by Gasteiger charge is -2.12. The van der Waals surface area contributed by atoms with E-state index in [1.54, 1.807) is 18.5 Å². The molecular weight excluding hydrogens is 228 g/mol. The van der Waals surface area contributed by atoms with Gasteiger partial charge in [-0.2, -0.15) is 0 Å². The fourth-order valence-electron chi connectivity index (χ4n) is 1.84. The van der Waals surface area contributed by atoms with Gasteiger partial charge >= 0.3 is 5.97 Å². The van der Waals surface area contributed by atoms with Gasteiger partial charge in [0.2, 0.25) is 0 Å². The Morgan fingerprint density at radius 1 is 1.22 bits per heavy atom. The predicted octanol–water partition coefficient (Wildman–Crippen LogP) is 2.20. The molecule has 4 heteroatoms. The lowest BCUT2D eigenvalue weighted by atomic mass is 9.95. The minimum Gasteiger partial charge on any atom is -0.481 e. The molecule has 0 aliphatic carbocycles. The van der Waals surface area contributed by atoms with Gasteiger partial charge in [0.25, 0.3) is 0 Å². The summed E-state index contributed by atoms with van der Waals surface area (Å²) in [4.78, 5) is 19.4. The van der Waals surface area contributed by atoms with Gasteiger partial charge in [-0.1, -0.05) is 24.3 Å². The number of carboxylic acids is 1. The molecule has 0 radical (unpaired) electrons. The van der Waals surface area contributed by atoms with Crippen molar-refractivity contribution in [3.05, 3.63) is 59.7 Å². The zero-order valence-electron chi connectivity index (χ0n) is 10.1. The van der Waals surface area contributed by atoms with Gasteiger partial charge in [-0.05, 0) is 30.5 Å². The van der Waals surface area contributed by atoms with Crippen LogP contribution in [0.25, 0.3) is 0 Å². The molecule has 4 nitrogen and oxygen atoms in total. The third-order valence-electron chi connectivity index (χ3n) is 2.88. The van der Waals surface area contributed by atoms with Crippen molar-refractivity contribution >= 4 is 5.97 Å². The summed E-state index contributed by atoms with van der Waals surface area (Å²) in [6, 6.07) is 9.44. The first-order valence-corrected chi connectivity index (χ1v) is 5.72. The molecule has 2 aromatic rings. The number of aliphatic carboxylic acids is 1. The molecule has 0 bridgehead atoms. The third kappa shape index (κ3) is 2.71. The molecule has 1 unspecified atom stereocenters. The van der Waals surface area contributed by atoms with Crippen LogP contribution in [0.5, 0.6) is 0 Å². The van der Waals surface area contributed by atoms with Crippen LogP contribution in [-0.4, -0.2) is 21.0 Å². The third-order valence-corrected chi connectivity index (χ3v) is 2.88. The van der Waals surface area contributed by atoms with Gasteiger partial charge < -0.3 is 5.11 Å². The first-order valence-electron chi connectivity index (χ1n) is 5.72. The molecule has 92 valence electrons. The van der Waals surface area contributed by atoms with Crippen molar-refractivity contribution in [3.63, 3.8) is 0 Å². The lowest BCUT2D eigenvalue weighted by Crippen LogP contribution is -2.17. The van der Waals surface area contributed by atoms with Crippen LogP contribution in [0.15, 0.2) is 42.7 Å². The van der Waals surface area contributed by atoms with E-state index in [9.17, 15) is 9.90 Å². The van der Waals surface area contributed by atoms with Crippen LogP contribution in [0.3, 0.4) is 0 Å². The van der Waals surface area contributed by atoms with E-state index < -0.39 is 11.9 Å². The van der Waals surface area contributed by atoms with Crippen molar-refractivity contribution in [1.82, 2.24) is 9.97 Å². The zero-order chi connectivity index (χ0) is 13.0. The summed E-state index contributed by atoms with van der Waals surface area (Å²) in [5.74, 6) is -1.25. The number of hydrogen-bond donors (Lipinski definition) is 1. The van der Waals surface area contributed by atoms with Crippen molar-refractivity contribution in [2.24, 2.45) is 0 Å². The Labute approximate surface area is 105 Å². The van der Waals surface area contributed by atoms with E-state index in [4.69, 9.17) is 0 Å². The quantitative estimate of drug-likeness (QED) is 0.892. The average Bonchev–Trinajstić information content (AvgIpc) is 2.38. The molecule has 1 aromatic heterocycles. The molecular formula is C14H14N2O2. The first-order chi connectivity index (χ1) is 8.68. The number of aryl methyl sites for hydroxylation is 1. The van der Waals surface area contributed by atoms with E-state index in [1.165, 1.54) is 0 Å². The Hall–Kier alpha value is -2.23. The monoisotopic (exact) mass is 242 g/mol. The van der Waals surface area contributed by atoms with Crippen LogP contribution in [0.2, 0.25) is 0 Å². The summed E-state index contributed by atoms with van der Waals surface area (Å²) in [6.45, 7) is 1.97. The van der Waals surface area contributed by atoms with Crippen LogP contribution >= 0.6 is 0 Å². The summed E-state index contributed by atoms with van der Waals surface area (Å²) in [6.07, 6.45) is 3.54. The Morgan fingerprint density at radius 2 is 1.89 bits per heavy atom. The van der Waals surface area contributed by atoms with Crippen molar-refractivity contribution in [1.29, 1.82) is 0 Å². The average molecular weight is 242 g/mol. The predicted molar refractivity (Wildman–Crippen MR) is 67.3 cm³/mol. The molecule has 0 aliphatic rings. The highest BCUT2D eigenvalue weighted by Gasteiger charge is 2.23. The van der Waals surface area contributed by atoms with Gasteiger partial charge in [0, 0.05) is 12.4 Å². The standard InChI is InChI=1S/C14H14N2O2/c1-10-5-2-3-6-11(10)9-12(14(17)18)13-15-7-4-8-16-13/h2-8,12H,9H2,1H3,(H,17,18). The van der Waals surface area contributed by atoms with Gasteiger partial charge in [-0.25, -0.2) is 9.97 Å². The largest absolute Gasteiger partial charge is 0.481 e. The second-order valence-corrected chi connectivity index (χ2v) is 4.13. The summed E-state index contributed by atoms with van der Waals surface area (Å²) in [7, 11) is 0. The van der Waals surface area contributed by atoms with Crippen LogP contribution in [0.1, 0.15) is 22.9 Å². The number of carbonyl (C=O) groups is 1. The molecule has 1 atom stereocenters. The zero-order valence-corrected chi connectivity index (χ0v) is 10.1. The maximum Gasteiger partial charge on any atom is 0.314 e. The molecule has 0 saturated heterocycles. The SMILES string of the molecule is Cc1ccccc1CC(C(=O)O)c1ncccn1. The minimum absolute atomic E-state index is 0.355. The Balaban J connectivity index is 2.28. The molecule has 1 aromatic carbocycles. The Morgan fingerprint density at radius 3 is 2.50 bits per heavy atom. The molecule has 18 heavy (non-hydrogen) atoms. The van der Waals surface area contributed by atoms with Gasteiger partial charge in [0.15, 0.2) is 0 Å². The maximum atomic E-state index is 11.3. The van der Waals surface area contributed by atoms with Crippen LogP contribution < -0.4 is 0 Å². The van der Waals surface area contributed by atoms with Crippen LogP contribution in [0.4, 0.5) is 0 Å². The molecule has 0 spiro atoms. The van der Waals surface area contributed by atoms with E-state index >= 15 is 0 Å². The second-order valence-electron chi connectivity index (χ2n) is 4.13. The molecule has 1 N–H and O–H groups in total.